The molecule has 1 aliphatic rings. The van der Waals surface area contributed by atoms with E-state index in [4.69, 9.17) is 5.73 Å². The smallest absolute Gasteiger partial charge is 0.262 e. The second-order valence-electron chi connectivity index (χ2n) is 5.32. The average Bonchev–Trinajstić information content (AvgIpc) is 2.75. The molecule has 20 heavy (non-hydrogen) atoms. The summed E-state index contributed by atoms with van der Waals surface area (Å²) in [6.45, 7) is 3.23. The van der Waals surface area contributed by atoms with E-state index in [9.17, 15) is 8.42 Å². The number of fused-ring (bicyclic) bond motifs is 1. The maximum absolute atomic E-state index is 12.8. The molecule has 0 aromatic carbocycles. The zero-order valence-corrected chi connectivity index (χ0v) is 12.2. The third-order valence-electron chi connectivity index (χ3n) is 3.84. The second-order valence-corrected chi connectivity index (χ2v) is 7.17. The van der Waals surface area contributed by atoms with Gasteiger partial charge in [0, 0.05) is 19.3 Å². The van der Waals surface area contributed by atoms with Crippen molar-refractivity contribution in [3.05, 3.63) is 24.4 Å². The van der Waals surface area contributed by atoms with Crippen LogP contribution in [0.15, 0.2) is 29.4 Å². The molecular formula is C13H18N4O2S. The molecule has 0 aliphatic carbocycles. The molecule has 6 nitrogen and oxygen atoms in total. The van der Waals surface area contributed by atoms with Crippen LogP contribution in [0.5, 0.6) is 0 Å². The molecule has 1 aliphatic heterocycles. The van der Waals surface area contributed by atoms with Crippen LogP contribution in [0.1, 0.15) is 19.8 Å². The molecule has 0 saturated carbocycles. The SMILES string of the molecule is CC1CCN(S(=O)(=O)c2c(N)nc3ccccn23)CC1. The number of piperidine rings is 1. The first-order chi connectivity index (χ1) is 9.50. The van der Waals surface area contributed by atoms with Crippen molar-refractivity contribution >= 4 is 21.5 Å². The highest BCUT2D eigenvalue weighted by Crippen LogP contribution is 2.27. The Morgan fingerprint density at radius 3 is 2.70 bits per heavy atom. The first kappa shape index (κ1) is 13.4. The van der Waals surface area contributed by atoms with E-state index in [1.807, 2.05) is 0 Å². The Balaban J connectivity index is 2.07. The Morgan fingerprint density at radius 2 is 2.00 bits per heavy atom. The van der Waals surface area contributed by atoms with E-state index >= 15 is 0 Å². The third kappa shape index (κ3) is 2.06. The largest absolute Gasteiger partial charge is 0.381 e. The number of rotatable bonds is 2. The van der Waals surface area contributed by atoms with Crippen molar-refractivity contribution in [3.63, 3.8) is 0 Å². The molecule has 0 radical (unpaired) electrons. The normalized spacial score (nSPS) is 18.6. The Hall–Kier alpha value is -1.60. The second kappa shape index (κ2) is 4.75. The van der Waals surface area contributed by atoms with Gasteiger partial charge in [-0.05, 0) is 30.9 Å². The van der Waals surface area contributed by atoms with E-state index in [1.54, 1.807) is 28.8 Å². The number of imidazole rings is 1. The highest BCUT2D eigenvalue weighted by atomic mass is 32.2. The van der Waals surface area contributed by atoms with Gasteiger partial charge >= 0.3 is 0 Å². The van der Waals surface area contributed by atoms with Gasteiger partial charge in [-0.25, -0.2) is 13.4 Å². The number of hydrogen-bond donors (Lipinski definition) is 1. The molecule has 0 atom stereocenters. The third-order valence-corrected chi connectivity index (χ3v) is 5.78. The van der Waals surface area contributed by atoms with Crippen molar-refractivity contribution in [1.82, 2.24) is 13.7 Å². The van der Waals surface area contributed by atoms with E-state index in [-0.39, 0.29) is 10.8 Å². The van der Waals surface area contributed by atoms with E-state index in [0.717, 1.165) is 12.8 Å². The van der Waals surface area contributed by atoms with Gasteiger partial charge in [0.1, 0.15) is 5.65 Å². The van der Waals surface area contributed by atoms with Crippen molar-refractivity contribution < 1.29 is 8.42 Å². The fraction of sp³-hybridized carbons (Fsp3) is 0.462. The van der Waals surface area contributed by atoms with Crippen LogP contribution in [0.25, 0.3) is 5.65 Å². The predicted molar refractivity (Wildman–Crippen MR) is 76.8 cm³/mol. The Morgan fingerprint density at radius 1 is 1.30 bits per heavy atom. The highest BCUT2D eigenvalue weighted by Gasteiger charge is 2.32. The summed E-state index contributed by atoms with van der Waals surface area (Å²) < 4.78 is 28.6. The molecular weight excluding hydrogens is 276 g/mol. The lowest BCUT2D eigenvalue weighted by molar-refractivity contribution is 0.287. The minimum absolute atomic E-state index is 0.0646. The zero-order chi connectivity index (χ0) is 14.3. The molecule has 1 saturated heterocycles. The van der Waals surface area contributed by atoms with Crippen LogP contribution < -0.4 is 5.73 Å². The first-order valence-corrected chi connectivity index (χ1v) is 8.17. The van der Waals surface area contributed by atoms with E-state index in [2.05, 4.69) is 11.9 Å². The van der Waals surface area contributed by atoms with Crippen LogP contribution in [0.4, 0.5) is 5.82 Å². The summed E-state index contributed by atoms with van der Waals surface area (Å²) >= 11 is 0. The molecule has 3 rings (SSSR count). The van der Waals surface area contributed by atoms with Crippen LogP contribution in [0.3, 0.4) is 0 Å². The minimum atomic E-state index is -3.59. The lowest BCUT2D eigenvalue weighted by Gasteiger charge is -2.29. The topological polar surface area (TPSA) is 80.7 Å². The summed E-state index contributed by atoms with van der Waals surface area (Å²) in [6, 6.07) is 5.32. The number of nitrogens with zero attached hydrogens (tertiary/aromatic N) is 3. The van der Waals surface area contributed by atoms with Crippen LogP contribution in [0.2, 0.25) is 0 Å². The summed E-state index contributed by atoms with van der Waals surface area (Å²) in [5.74, 6) is 0.635. The van der Waals surface area contributed by atoms with E-state index < -0.39 is 10.0 Å². The number of nitrogen functional groups attached to an aromatic ring is 1. The number of aromatic nitrogens is 2. The van der Waals surface area contributed by atoms with Gasteiger partial charge in [0.25, 0.3) is 10.0 Å². The number of nitrogens with two attached hydrogens (primary N) is 1. The van der Waals surface area contributed by atoms with Crippen LogP contribution >= 0.6 is 0 Å². The molecule has 0 unspecified atom stereocenters. The zero-order valence-electron chi connectivity index (χ0n) is 11.4. The molecule has 0 bridgehead atoms. The first-order valence-electron chi connectivity index (χ1n) is 6.73. The van der Waals surface area contributed by atoms with Gasteiger partial charge < -0.3 is 5.73 Å². The van der Waals surface area contributed by atoms with Gasteiger partial charge in [-0.2, -0.15) is 4.31 Å². The number of anilines is 1. The molecule has 3 heterocycles. The van der Waals surface area contributed by atoms with Crippen molar-refractivity contribution in [2.75, 3.05) is 18.8 Å². The molecule has 1 fully saturated rings. The molecule has 2 aromatic heterocycles. The van der Waals surface area contributed by atoms with Crippen LogP contribution in [-0.2, 0) is 10.0 Å². The van der Waals surface area contributed by atoms with Crippen LogP contribution in [0, 0.1) is 5.92 Å². The Labute approximate surface area is 118 Å². The summed E-state index contributed by atoms with van der Waals surface area (Å²) in [5, 5.41) is 0.0858. The number of sulfonamides is 1. The van der Waals surface area contributed by atoms with Gasteiger partial charge in [0.2, 0.25) is 0 Å². The molecule has 2 aromatic rings. The summed E-state index contributed by atoms with van der Waals surface area (Å²) in [7, 11) is -3.59. The lowest BCUT2D eigenvalue weighted by Crippen LogP contribution is -2.38. The maximum atomic E-state index is 12.8. The minimum Gasteiger partial charge on any atom is -0.381 e. The van der Waals surface area contributed by atoms with Gasteiger partial charge in [-0.1, -0.05) is 13.0 Å². The van der Waals surface area contributed by atoms with E-state index in [0.29, 0.717) is 24.7 Å². The maximum Gasteiger partial charge on any atom is 0.262 e. The fourth-order valence-electron chi connectivity index (χ4n) is 2.60. The summed E-state index contributed by atoms with van der Waals surface area (Å²) in [5.41, 5.74) is 6.39. The van der Waals surface area contributed by atoms with Gasteiger partial charge in [-0.3, -0.25) is 4.40 Å². The van der Waals surface area contributed by atoms with Crippen molar-refractivity contribution in [3.8, 4) is 0 Å². The predicted octanol–water partition coefficient (Wildman–Crippen LogP) is 1.34. The Bertz CT molecular complexity index is 730. The number of hydrogen-bond acceptors (Lipinski definition) is 4. The summed E-state index contributed by atoms with van der Waals surface area (Å²) in [6.07, 6.45) is 3.45. The van der Waals surface area contributed by atoms with Crippen molar-refractivity contribution in [2.24, 2.45) is 5.92 Å². The monoisotopic (exact) mass is 294 g/mol. The standard InChI is InChI=1S/C13H18N4O2S/c1-10-5-8-16(9-6-10)20(18,19)13-12(14)15-11-4-2-3-7-17(11)13/h2-4,7,10H,5-6,8-9,14H2,1H3. The van der Waals surface area contributed by atoms with Gasteiger partial charge in [0.15, 0.2) is 10.8 Å². The van der Waals surface area contributed by atoms with Crippen LogP contribution in [-0.4, -0.2) is 35.2 Å². The molecule has 2 N–H and O–H groups in total. The van der Waals surface area contributed by atoms with Crippen molar-refractivity contribution in [1.29, 1.82) is 0 Å². The van der Waals surface area contributed by atoms with Gasteiger partial charge in [-0.15, -0.1) is 0 Å². The molecule has 0 amide bonds. The molecule has 0 spiro atoms. The number of pyridine rings is 1. The highest BCUT2D eigenvalue weighted by molar-refractivity contribution is 7.89. The lowest BCUT2D eigenvalue weighted by atomic mass is 10.0. The Kier molecular flexibility index (Phi) is 3.18. The summed E-state index contributed by atoms with van der Waals surface area (Å²) in [4.78, 5) is 4.12. The molecule has 7 heteroatoms. The fourth-order valence-corrected chi connectivity index (χ4v) is 4.24. The van der Waals surface area contributed by atoms with Gasteiger partial charge in [0.05, 0.1) is 0 Å². The quantitative estimate of drug-likeness (QED) is 0.906. The average molecular weight is 294 g/mol. The van der Waals surface area contributed by atoms with E-state index in [1.165, 1.54) is 4.31 Å². The molecule has 108 valence electrons. The van der Waals surface area contributed by atoms with Crippen molar-refractivity contribution in [2.45, 2.75) is 24.8 Å².